The molecule has 2 aromatic heterocycles. The number of anilines is 1. The molecule has 0 spiro atoms. The standard InChI is InChI=1S/C20H26N4O2/c1-12-18-15(8-5-9-16(18)25)21-19(12)20(26)22-17-11-14(23-24-17)10-13-6-3-2-4-7-13/h11,13,21H,2-10H2,1H3,(H2,22,23,24,26). The van der Waals surface area contributed by atoms with Gasteiger partial charge in [0.25, 0.3) is 5.91 Å². The van der Waals surface area contributed by atoms with Gasteiger partial charge in [0.2, 0.25) is 0 Å². The van der Waals surface area contributed by atoms with Crippen LogP contribution in [0.1, 0.15) is 82.7 Å². The summed E-state index contributed by atoms with van der Waals surface area (Å²) in [6.45, 7) is 1.84. The van der Waals surface area contributed by atoms with Gasteiger partial charge in [-0.05, 0) is 37.7 Å². The second-order valence-electron chi connectivity index (χ2n) is 7.70. The SMILES string of the molecule is Cc1c(C(=O)Nc2cc(CC3CCCCC3)[nH]n2)[nH]c2c1C(=O)CCC2. The van der Waals surface area contributed by atoms with Crippen LogP contribution in [0.4, 0.5) is 5.82 Å². The van der Waals surface area contributed by atoms with Gasteiger partial charge >= 0.3 is 0 Å². The quantitative estimate of drug-likeness (QED) is 0.776. The van der Waals surface area contributed by atoms with E-state index in [1.807, 2.05) is 13.0 Å². The van der Waals surface area contributed by atoms with Crippen LogP contribution >= 0.6 is 0 Å². The average Bonchev–Trinajstić information content (AvgIpc) is 3.21. The van der Waals surface area contributed by atoms with Gasteiger partial charge in [0.15, 0.2) is 11.6 Å². The molecule has 1 fully saturated rings. The molecule has 2 aliphatic carbocycles. The fraction of sp³-hybridized carbons (Fsp3) is 0.550. The summed E-state index contributed by atoms with van der Waals surface area (Å²) in [4.78, 5) is 27.9. The van der Waals surface area contributed by atoms with Gasteiger partial charge in [-0.25, -0.2) is 0 Å². The Morgan fingerprint density at radius 3 is 2.81 bits per heavy atom. The number of nitrogens with zero attached hydrogens (tertiary/aromatic N) is 1. The topological polar surface area (TPSA) is 90.6 Å². The summed E-state index contributed by atoms with van der Waals surface area (Å²) in [5.74, 6) is 1.16. The van der Waals surface area contributed by atoms with E-state index in [2.05, 4.69) is 20.5 Å². The molecule has 4 rings (SSSR count). The molecule has 1 amide bonds. The van der Waals surface area contributed by atoms with E-state index < -0.39 is 0 Å². The molecule has 0 atom stereocenters. The third-order valence-electron chi connectivity index (χ3n) is 5.77. The zero-order valence-corrected chi connectivity index (χ0v) is 15.3. The molecule has 2 heterocycles. The van der Waals surface area contributed by atoms with E-state index in [0.717, 1.165) is 42.1 Å². The third-order valence-corrected chi connectivity index (χ3v) is 5.77. The van der Waals surface area contributed by atoms with Crippen molar-refractivity contribution in [2.24, 2.45) is 5.92 Å². The number of aromatic amines is 2. The minimum atomic E-state index is -0.236. The Morgan fingerprint density at radius 2 is 2.04 bits per heavy atom. The van der Waals surface area contributed by atoms with Gasteiger partial charge in [-0.3, -0.25) is 14.7 Å². The number of carbonyl (C=O) groups excluding carboxylic acids is 2. The van der Waals surface area contributed by atoms with Crippen LogP contribution in [0.5, 0.6) is 0 Å². The molecule has 6 nitrogen and oxygen atoms in total. The number of ketones is 1. The lowest BCUT2D eigenvalue weighted by Gasteiger charge is -2.20. The van der Waals surface area contributed by atoms with Crippen molar-refractivity contribution < 1.29 is 9.59 Å². The van der Waals surface area contributed by atoms with Crippen LogP contribution in [0.25, 0.3) is 0 Å². The zero-order chi connectivity index (χ0) is 18.1. The summed E-state index contributed by atoms with van der Waals surface area (Å²) < 4.78 is 0. The Bertz CT molecular complexity index is 827. The monoisotopic (exact) mass is 354 g/mol. The van der Waals surface area contributed by atoms with Crippen molar-refractivity contribution >= 4 is 17.5 Å². The van der Waals surface area contributed by atoms with Crippen LogP contribution in [0.15, 0.2) is 6.07 Å². The fourth-order valence-corrected chi connectivity index (χ4v) is 4.41. The molecule has 0 radical (unpaired) electrons. The van der Waals surface area contributed by atoms with E-state index in [0.29, 0.717) is 23.5 Å². The number of Topliss-reactive ketones (excluding diaryl/α,β-unsaturated/α-hetero) is 1. The molecule has 2 aliphatic rings. The molecule has 6 heteroatoms. The predicted octanol–water partition coefficient (Wildman–Crippen LogP) is 3.94. The van der Waals surface area contributed by atoms with E-state index in [1.165, 1.54) is 32.1 Å². The molecule has 0 aromatic carbocycles. The second-order valence-corrected chi connectivity index (χ2v) is 7.70. The summed E-state index contributed by atoms with van der Waals surface area (Å²) in [7, 11) is 0. The molecular weight excluding hydrogens is 328 g/mol. The number of rotatable bonds is 4. The van der Waals surface area contributed by atoms with Crippen LogP contribution < -0.4 is 5.32 Å². The maximum Gasteiger partial charge on any atom is 0.273 e. The minimum Gasteiger partial charge on any atom is -0.354 e. The largest absolute Gasteiger partial charge is 0.354 e. The number of hydrogen-bond acceptors (Lipinski definition) is 3. The van der Waals surface area contributed by atoms with Crippen LogP contribution in [0, 0.1) is 12.8 Å². The number of H-pyrrole nitrogens is 2. The van der Waals surface area contributed by atoms with E-state index in [4.69, 9.17) is 0 Å². The van der Waals surface area contributed by atoms with Gasteiger partial charge in [-0.2, -0.15) is 5.10 Å². The van der Waals surface area contributed by atoms with E-state index in [1.54, 1.807) is 0 Å². The first-order valence-corrected chi connectivity index (χ1v) is 9.72. The molecule has 0 aliphatic heterocycles. The molecule has 1 saturated carbocycles. The number of aryl methyl sites for hydroxylation is 1. The van der Waals surface area contributed by atoms with Crippen molar-refractivity contribution in [3.63, 3.8) is 0 Å². The lowest BCUT2D eigenvalue weighted by Crippen LogP contribution is -2.14. The first-order chi connectivity index (χ1) is 12.6. The highest BCUT2D eigenvalue weighted by molar-refractivity contribution is 6.08. The normalized spacial score (nSPS) is 18.0. The maximum atomic E-state index is 12.7. The molecule has 0 saturated heterocycles. The van der Waals surface area contributed by atoms with E-state index in [-0.39, 0.29) is 11.7 Å². The molecule has 2 aromatic rings. The third kappa shape index (κ3) is 3.32. The van der Waals surface area contributed by atoms with Gasteiger partial charge in [0.05, 0.1) is 0 Å². The highest BCUT2D eigenvalue weighted by atomic mass is 16.2. The number of aromatic nitrogens is 3. The molecule has 0 unspecified atom stereocenters. The average molecular weight is 354 g/mol. The van der Waals surface area contributed by atoms with Crippen LogP contribution in [-0.4, -0.2) is 26.9 Å². The second kappa shape index (κ2) is 7.09. The molecule has 138 valence electrons. The predicted molar refractivity (Wildman–Crippen MR) is 99.6 cm³/mol. The van der Waals surface area contributed by atoms with Crippen LogP contribution in [-0.2, 0) is 12.8 Å². The van der Waals surface area contributed by atoms with Crippen LogP contribution in [0.2, 0.25) is 0 Å². The molecule has 26 heavy (non-hydrogen) atoms. The first kappa shape index (κ1) is 17.1. The highest BCUT2D eigenvalue weighted by Gasteiger charge is 2.26. The van der Waals surface area contributed by atoms with Gasteiger partial charge < -0.3 is 10.3 Å². The van der Waals surface area contributed by atoms with Crippen molar-refractivity contribution in [2.45, 2.75) is 64.7 Å². The van der Waals surface area contributed by atoms with Crippen molar-refractivity contribution in [3.8, 4) is 0 Å². The first-order valence-electron chi connectivity index (χ1n) is 9.72. The Hall–Kier alpha value is -2.37. The fourth-order valence-electron chi connectivity index (χ4n) is 4.41. The molecule has 0 bridgehead atoms. The van der Waals surface area contributed by atoms with Gasteiger partial charge in [0, 0.05) is 29.4 Å². The van der Waals surface area contributed by atoms with Crippen molar-refractivity contribution in [1.29, 1.82) is 0 Å². The van der Waals surface area contributed by atoms with E-state index >= 15 is 0 Å². The Labute approximate surface area is 153 Å². The van der Waals surface area contributed by atoms with E-state index in [9.17, 15) is 9.59 Å². The van der Waals surface area contributed by atoms with Gasteiger partial charge in [-0.1, -0.05) is 32.1 Å². The number of amides is 1. The van der Waals surface area contributed by atoms with Crippen LogP contribution in [0.3, 0.4) is 0 Å². The lowest BCUT2D eigenvalue weighted by molar-refractivity contribution is 0.0971. The highest BCUT2D eigenvalue weighted by Crippen LogP contribution is 2.28. The zero-order valence-electron chi connectivity index (χ0n) is 15.3. The number of fused-ring (bicyclic) bond motifs is 1. The Kier molecular flexibility index (Phi) is 4.66. The lowest BCUT2D eigenvalue weighted by atomic mass is 9.86. The minimum absolute atomic E-state index is 0.133. The summed E-state index contributed by atoms with van der Waals surface area (Å²) in [6, 6.07) is 1.93. The summed E-state index contributed by atoms with van der Waals surface area (Å²) in [5.41, 5.74) is 3.90. The molecular formula is C20H26N4O2. The Balaban J connectivity index is 1.45. The van der Waals surface area contributed by atoms with Crippen molar-refractivity contribution in [1.82, 2.24) is 15.2 Å². The van der Waals surface area contributed by atoms with Gasteiger partial charge in [0.1, 0.15) is 5.69 Å². The van der Waals surface area contributed by atoms with Crippen molar-refractivity contribution in [3.05, 3.63) is 34.3 Å². The van der Waals surface area contributed by atoms with Gasteiger partial charge in [-0.15, -0.1) is 0 Å². The Morgan fingerprint density at radius 1 is 1.23 bits per heavy atom. The molecule has 3 N–H and O–H groups in total. The number of hydrogen-bond donors (Lipinski definition) is 3. The maximum absolute atomic E-state index is 12.7. The number of nitrogens with one attached hydrogen (secondary N) is 3. The smallest absolute Gasteiger partial charge is 0.273 e. The summed E-state index contributed by atoms with van der Waals surface area (Å²) >= 11 is 0. The summed E-state index contributed by atoms with van der Waals surface area (Å²) in [5, 5.41) is 10.1. The van der Waals surface area contributed by atoms with Crippen molar-refractivity contribution in [2.75, 3.05) is 5.32 Å². The number of carbonyl (C=O) groups is 2. The summed E-state index contributed by atoms with van der Waals surface area (Å²) in [6.07, 6.45) is 9.77.